The molecule has 3 rings (SSSR count). The number of aromatic nitrogens is 1. The first-order valence-corrected chi connectivity index (χ1v) is 8.73. The quantitative estimate of drug-likeness (QED) is 0.704. The molecule has 0 fully saturated rings. The van der Waals surface area contributed by atoms with Crippen LogP contribution in [-0.4, -0.2) is 38.6 Å². The van der Waals surface area contributed by atoms with Gasteiger partial charge in [-0.05, 0) is 48.2 Å². The van der Waals surface area contributed by atoms with E-state index in [2.05, 4.69) is 10.3 Å². The van der Waals surface area contributed by atoms with Gasteiger partial charge in [0, 0.05) is 43.5 Å². The van der Waals surface area contributed by atoms with E-state index in [1.165, 1.54) is 0 Å². The number of anilines is 1. The summed E-state index contributed by atoms with van der Waals surface area (Å²) >= 11 is 0. The molecule has 0 unspecified atom stereocenters. The van der Waals surface area contributed by atoms with Crippen LogP contribution < -0.4 is 20.5 Å². The minimum absolute atomic E-state index is 0.152. The van der Waals surface area contributed by atoms with Crippen LogP contribution in [0.5, 0.6) is 5.75 Å². The normalized spacial score (nSPS) is 10.6. The lowest BCUT2D eigenvalue weighted by molar-refractivity contribution is 0.0954. The lowest BCUT2D eigenvalue weighted by Crippen LogP contribution is -2.27. The summed E-state index contributed by atoms with van der Waals surface area (Å²) in [7, 11) is 5.45. The molecule has 1 heterocycles. The maximum atomic E-state index is 12.3. The Morgan fingerprint density at radius 3 is 2.70 bits per heavy atom. The van der Waals surface area contributed by atoms with Gasteiger partial charge in [0.25, 0.3) is 11.5 Å². The Balaban J connectivity index is 1.68. The molecule has 0 aliphatic carbocycles. The Labute approximate surface area is 157 Å². The highest BCUT2D eigenvalue weighted by Gasteiger charge is 2.08. The summed E-state index contributed by atoms with van der Waals surface area (Å²) in [6.45, 7) is 0.385. The van der Waals surface area contributed by atoms with Gasteiger partial charge in [0.15, 0.2) is 0 Å². The highest BCUT2D eigenvalue weighted by atomic mass is 16.5. The molecule has 3 aromatic rings. The van der Waals surface area contributed by atoms with Gasteiger partial charge in [-0.1, -0.05) is 6.07 Å². The van der Waals surface area contributed by atoms with Crippen molar-refractivity contribution in [3.05, 3.63) is 70.0 Å². The molecule has 1 aromatic heterocycles. The van der Waals surface area contributed by atoms with Crippen molar-refractivity contribution in [3.8, 4) is 5.75 Å². The third kappa shape index (κ3) is 4.28. The van der Waals surface area contributed by atoms with Crippen molar-refractivity contribution in [3.63, 3.8) is 0 Å². The summed E-state index contributed by atoms with van der Waals surface area (Å²) in [6.07, 6.45) is 0.455. The van der Waals surface area contributed by atoms with E-state index in [1.54, 1.807) is 19.2 Å². The van der Waals surface area contributed by atoms with E-state index in [0.717, 1.165) is 16.6 Å². The van der Waals surface area contributed by atoms with Crippen molar-refractivity contribution in [2.75, 3.05) is 32.6 Å². The van der Waals surface area contributed by atoms with E-state index in [0.29, 0.717) is 29.8 Å². The Morgan fingerprint density at radius 1 is 1.15 bits per heavy atom. The van der Waals surface area contributed by atoms with Gasteiger partial charge in [0.05, 0.1) is 12.6 Å². The number of H-pyrrole nitrogens is 1. The summed E-state index contributed by atoms with van der Waals surface area (Å²) in [4.78, 5) is 29.4. The van der Waals surface area contributed by atoms with Crippen molar-refractivity contribution in [2.45, 2.75) is 6.42 Å². The molecule has 6 heteroatoms. The fraction of sp³-hybridized carbons (Fsp3) is 0.238. The second-order valence-electron chi connectivity index (χ2n) is 6.53. The average Bonchev–Trinajstić information content (AvgIpc) is 2.67. The van der Waals surface area contributed by atoms with Crippen molar-refractivity contribution >= 4 is 22.5 Å². The lowest BCUT2D eigenvalue weighted by Gasteiger charge is -2.13. The molecule has 140 valence electrons. The minimum atomic E-state index is -0.153. The zero-order chi connectivity index (χ0) is 19.4. The van der Waals surface area contributed by atoms with E-state index in [-0.39, 0.29) is 11.5 Å². The fourth-order valence-corrected chi connectivity index (χ4v) is 2.88. The van der Waals surface area contributed by atoms with Crippen LogP contribution in [0.15, 0.2) is 53.3 Å². The van der Waals surface area contributed by atoms with Crippen LogP contribution in [0.1, 0.15) is 15.9 Å². The Bertz CT molecular complexity index is 1020. The number of carbonyl (C=O) groups excluding carboxylic acids is 1. The molecule has 2 N–H and O–H groups in total. The molecule has 0 radical (unpaired) electrons. The number of carbonyl (C=O) groups is 1. The topological polar surface area (TPSA) is 74.4 Å². The van der Waals surface area contributed by atoms with Crippen LogP contribution in [0.4, 0.5) is 5.69 Å². The van der Waals surface area contributed by atoms with Gasteiger partial charge in [-0.2, -0.15) is 0 Å². The molecule has 0 spiro atoms. The van der Waals surface area contributed by atoms with Gasteiger partial charge in [0.1, 0.15) is 5.75 Å². The molecule has 0 aliphatic rings. The minimum Gasteiger partial charge on any atom is -0.497 e. The monoisotopic (exact) mass is 365 g/mol. The maximum Gasteiger partial charge on any atom is 0.251 e. The summed E-state index contributed by atoms with van der Waals surface area (Å²) in [5, 5.41) is 3.80. The molecular formula is C21H23N3O3. The third-order valence-electron chi connectivity index (χ3n) is 4.43. The number of hydrogen-bond donors (Lipinski definition) is 2. The number of ether oxygens (including phenoxy) is 1. The summed E-state index contributed by atoms with van der Waals surface area (Å²) in [5.41, 5.74) is 2.77. The van der Waals surface area contributed by atoms with Gasteiger partial charge in [-0.25, -0.2) is 0 Å². The SMILES string of the molecule is COc1ccc2cc(CCNC(=O)c3cccc(N(C)C)c3)c(=O)[nH]c2c1. The third-order valence-corrected chi connectivity index (χ3v) is 4.43. The standard InChI is InChI=1S/C21H23N3O3/c1-24(2)17-6-4-5-15(12-17)20(25)22-10-9-16-11-14-7-8-18(27-3)13-19(14)23-21(16)26/h4-8,11-13H,9-10H2,1-3H3,(H,22,25)(H,23,26). The number of nitrogens with zero attached hydrogens (tertiary/aromatic N) is 1. The largest absolute Gasteiger partial charge is 0.497 e. The second kappa shape index (κ2) is 7.95. The van der Waals surface area contributed by atoms with Crippen LogP contribution in [-0.2, 0) is 6.42 Å². The molecule has 2 aromatic carbocycles. The van der Waals surface area contributed by atoms with Crippen LogP contribution in [0.2, 0.25) is 0 Å². The number of aromatic amines is 1. The van der Waals surface area contributed by atoms with E-state index in [1.807, 2.05) is 55.4 Å². The highest BCUT2D eigenvalue weighted by molar-refractivity contribution is 5.95. The molecule has 0 aliphatic heterocycles. The van der Waals surface area contributed by atoms with E-state index in [9.17, 15) is 9.59 Å². The van der Waals surface area contributed by atoms with Gasteiger partial charge >= 0.3 is 0 Å². The number of fused-ring (bicyclic) bond motifs is 1. The summed E-state index contributed by atoms with van der Waals surface area (Å²) < 4.78 is 5.18. The van der Waals surface area contributed by atoms with E-state index in [4.69, 9.17) is 4.74 Å². The van der Waals surface area contributed by atoms with Crippen LogP contribution in [0.3, 0.4) is 0 Å². The van der Waals surface area contributed by atoms with Gasteiger partial charge in [-0.3, -0.25) is 9.59 Å². The zero-order valence-electron chi connectivity index (χ0n) is 15.7. The zero-order valence-corrected chi connectivity index (χ0v) is 15.7. The maximum absolute atomic E-state index is 12.3. The Morgan fingerprint density at radius 2 is 1.96 bits per heavy atom. The molecular weight excluding hydrogens is 342 g/mol. The first-order valence-electron chi connectivity index (χ1n) is 8.73. The van der Waals surface area contributed by atoms with Crippen molar-refractivity contribution in [1.82, 2.24) is 10.3 Å². The molecule has 27 heavy (non-hydrogen) atoms. The first-order chi connectivity index (χ1) is 13.0. The van der Waals surface area contributed by atoms with Crippen molar-refractivity contribution < 1.29 is 9.53 Å². The molecule has 0 saturated carbocycles. The lowest BCUT2D eigenvalue weighted by atomic mass is 10.1. The van der Waals surface area contributed by atoms with Crippen LogP contribution >= 0.6 is 0 Å². The molecule has 0 atom stereocenters. The highest BCUT2D eigenvalue weighted by Crippen LogP contribution is 2.18. The fourth-order valence-electron chi connectivity index (χ4n) is 2.88. The van der Waals surface area contributed by atoms with Crippen LogP contribution in [0, 0.1) is 0 Å². The molecule has 1 amide bonds. The Kier molecular flexibility index (Phi) is 5.45. The number of pyridine rings is 1. The molecule has 0 bridgehead atoms. The average molecular weight is 365 g/mol. The van der Waals surface area contributed by atoms with Crippen molar-refractivity contribution in [1.29, 1.82) is 0 Å². The summed E-state index contributed by atoms with van der Waals surface area (Å²) in [5.74, 6) is 0.541. The number of rotatable bonds is 6. The predicted octanol–water partition coefficient (Wildman–Crippen LogP) is 2.58. The number of methoxy groups -OCH3 is 1. The smallest absolute Gasteiger partial charge is 0.251 e. The number of hydrogen-bond acceptors (Lipinski definition) is 4. The predicted molar refractivity (Wildman–Crippen MR) is 108 cm³/mol. The number of amides is 1. The first kappa shape index (κ1) is 18.5. The number of nitrogens with one attached hydrogen (secondary N) is 2. The molecule has 0 saturated heterocycles. The van der Waals surface area contributed by atoms with Gasteiger partial charge in [0.2, 0.25) is 0 Å². The van der Waals surface area contributed by atoms with Crippen molar-refractivity contribution in [2.24, 2.45) is 0 Å². The molecule has 6 nitrogen and oxygen atoms in total. The number of benzene rings is 2. The van der Waals surface area contributed by atoms with Gasteiger partial charge in [-0.15, -0.1) is 0 Å². The Hall–Kier alpha value is -3.28. The van der Waals surface area contributed by atoms with E-state index < -0.39 is 0 Å². The van der Waals surface area contributed by atoms with Crippen LogP contribution in [0.25, 0.3) is 10.9 Å². The van der Waals surface area contributed by atoms with Gasteiger partial charge < -0.3 is 19.9 Å². The second-order valence-corrected chi connectivity index (χ2v) is 6.53. The van der Waals surface area contributed by atoms with E-state index >= 15 is 0 Å². The summed E-state index contributed by atoms with van der Waals surface area (Å²) in [6, 6.07) is 14.8.